The van der Waals surface area contributed by atoms with Gasteiger partial charge in [-0.25, -0.2) is 0 Å². The first-order valence-electron chi connectivity index (χ1n) is 4.00. The monoisotopic (exact) mass is 212 g/mol. The fourth-order valence-electron chi connectivity index (χ4n) is 0.0913. The molecule has 14 heavy (non-hydrogen) atoms. The van der Waals surface area contributed by atoms with E-state index in [-0.39, 0.29) is 13.2 Å². The second-order valence-electron chi connectivity index (χ2n) is 2.27. The summed E-state index contributed by atoms with van der Waals surface area (Å²) < 4.78 is 4.44. The molecule has 0 aliphatic heterocycles. The quantitative estimate of drug-likeness (QED) is 0.481. The zero-order valence-corrected chi connectivity index (χ0v) is 8.80. The van der Waals surface area contributed by atoms with Gasteiger partial charge in [-0.15, -0.1) is 0 Å². The van der Waals surface area contributed by atoms with Gasteiger partial charge in [0.1, 0.15) is 0 Å². The van der Waals surface area contributed by atoms with Crippen molar-refractivity contribution in [1.29, 1.82) is 0 Å². The summed E-state index contributed by atoms with van der Waals surface area (Å²) in [5, 5.41) is 31.4. The van der Waals surface area contributed by atoms with Crippen molar-refractivity contribution in [2.75, 3.05) is 26.9 Å². The highest BCUT2D eigenvalue weighted by molar-refractivity contribution is 5.62. The number of carboxylic acid groups (broad SMARTS) is 1. The van der Waals surface area contributed by atoms with Gasteiger partial charge >= 0.3 is 0 Å². The third-order valence-electron chi connectivity index (χ3n) is 0.560. The summed E-state index contributed by atoms with van der Waals surface area (Å²) in [6.07, 6.45) is -0.560. The molecule has 0 radical (unpaired) electrons. The molecule has 0 bridgehead atoms. The highest BCUT2D eigenvalue weighted by Crippen LogP contribution is 1.68. The molecule has 0 saturated carbocycles. The van der Waals surface area contributed by atoms with Crippen LogP contribution in [-0.4, -0.2) is 59.4 Å². The van der Waals surface area contributed by atoms with Gasteiger partial charge in [0.05, 0.1) is 25.9 Å². The van der Waals surface area contributed by atoms with E-state index in [1.807, 2.05) is 0 Å². The van der Waals surface area contributed by atoms with Gasteiger partial charge in [-0.2, -0.15) is 0 Å². The number of ether oxygens (including phenoxy) is 1. The first-order chi connectivity index (χ1) is 6.42. The number of aliphatic carboxylic acids is 1. The van der Waals surface area contributed by atoms with Crippen LogP contribution in [-0.2, 0) is 9.53 Å². The molecule has 0 heterocycles. The van der Waals surface area contributed by atoms with Crippen molar-refractivity contribution in [2.24, 2.45) is 0 Å². The maximum atomic E-state index is 9.00. The molecule has 1 atom stereocenters. The molecule has 0 aromatic carbocycles. The normalized spacial score (nSPS) is 10.1. The van der Waals surface area contributed by atoms with Crippen LogP contribution in [0.4, 0.5) is 0 Å². The van der Waals surface area contributed by atoms with Gasteiger partial charge in [-0.3, -0.25) is 4.79 Å². The lowest BCUT2D eigenvalue weighted by Crippen LogP contribution is -2.03. The summed E-state index contributed by atoms with van der Waals surface area (Å²) in [4.78, 5) is 9.00. The van der Waals surface area contributed by atoms with E-state index in [9.17, 15) is 0 Å². The van der Waals surface area contributed by atoms with Crippen molar-refractivity contribution in [3.05, 3.63) is 0 Å². The molecule has 0 saturated heterocycles. The Hall–Kier alpha value is -0.690. The van der Waals surface area contributed by atoms with E-state index in [2.05, 4.69) is 4.74 Å². The molecule has 88 valence electrons. The van der Waals surface area contributed by atoms with E-state index >= 15 is 0 Å². The minimum Gasteiger partial charge on any atom is -0.481 e. The number of methoxy groups -OCH3 is 1. The summed E-state index contributed by atoms with van der Waals surface area (Å²) in [5.41, 5.74) is 0. The molecular weight excluding hydrogens is 192 g/mol. The zero-order valence-electron chi connectivity index (χ0n) is 8.80. The lowest BCUT2D eigenvalue weighted by Gasteiger charge is -1.90. The van der Waals surface area contributed by atoms with Gasteiger partial charge in [0.2, 0.25) is 0 Å². The second kappa shape index (κ2) is 18.2. The predicted octanol–water partition coefficient (Wildman–Crippen LogP) is -0.924. The molecule has 0 rings (SSSR count). The van der Waals surface area contributed by atoms with Gasteiger partial charge in [-0.05, 0) is 6.92 Å². The molecule has 0 spiro atoms. The fourth-order valence-corrected chi connectivity index (χ4v) is 0.0913. The first kappa shape index (κ1) is 19.0. The summed E-state index contributed by atoms with van der Waals surface area (Å²) >= 11 is 0. The number of carbonyl (C=O) groups is 1. The number of hydrogen-bond acceptors (Lipinski definition) is 5. The van der Waals surface area contributed by atoms with Crippen LogP contribution in [0.2, 0.25) is 0 Å². The van der Waals surface area contributed by atoms with Crippen LogP contribution < -0.4 is 0 Å². The Balaban J connectivity index is -0.000000131. The fraction of sp³-hybridized carbons (Fsp3) is 0.875. The Morgan fingerprint density at radius 1 is 1.43 bits per heavy atom. The topological polar surface area (TPSA) is 107 Å². The SMILES string of the molecule is CC(=O)O.CC(O)CO.COCCO. The van der Waals surface area contributed by atoms with Crippen molar-refractivity contribution in [1.82, 2.24) is 0 Å². The molecule has 0 fully saturated rings. The Bertz CT molecular complexity index is 98.0. The maximum absolute atomic E-state index is 9.00. The summed E-state index contributed by atoms with van der Waals surface area (Å²) in [7, 11) is 1.55. The first-order valence-corrected chi connectivity index (χ1v) is 4.00. The standard InChI is InChI=1S/2C3H8O2.C2H4O2/c1-5-3-2-4;1-3(5)2-4;1-2(3)4/h4H,2-3H2,1H3;3-5H,2H2,1H3;1H3,(H,3,4). The Morgan fingerprint density at radius 3 is 1.71 bits per heavy atom. The van der Waals surface area contributed by atoms with Crippen LogP contribution in [0.15, 0.2) is 0 Å². The highest BCUT2D eigenvalue weighted by Gasteiger charge is 1.83. The van der Waals surface area contributed by atoms with E-state index < -0.39 is 12.1 Å². The van der Waals surface area contributed by atoms with E-state index in [1.165, 1.54) is 6.92 Å². The van der Waals surface area contributed by atoms with Gasteiger partial charge in [-0.1, -0.05) is 0 Å². The van der Waals surface area contributed by atoms with Gasteiger partial charge in [0, 0.05) is 14.0 Å². The molecule has 0 aromatic heterocycles. The Kier molecular flexibility index (Phi) is 24.6. The van der Waals surface area contributed by atoms with Crippen molar-refractivity contribution < 1.29 is 30.0 Å². The van der Waals surface area contributed by atoms with E-state index in [4.69, 9.17) is 25.2 Å². The molecule has 1 unspecified atom stereocenters. The van der Waals surface area contributed by atoms with Crippen LogP contribution in [0.25, 0.3) is 0 Å². The second-order valence-corrected chi connectivity index (χ2v) is 2.27. The lowest BCUT2D eigenvalue weighted by atomic mass is 10.5. The van der Waals surface area contributed by atoms with Crippen LogP contribution in [0.5, 0.6) is 0 Å². The summed E-state index contributed by atoms with van der Waals surface area (Å²) in [6, 6.07) is 0. The van der Waals surface area contributed by atoms with Crippen molar-refractivity contribution in [3.8, 4) is 0 Å². The van der Waals surface area contributed by atoms with Gasteiger partial charge in [0.15, 0.2) is 0 Å². The number of hydrogen-bond donors (Lipinski definition) is 4. The minimum absolute atomic E-state index is 0.122. The molecular formula is C8H20O6. The van der Waals surface area contributed by atoms with Crippen molar-refractivity contribution in [3.63, 3.8) is 0 Å². The lowest BCUT2D eigenvalue weighted by molar-refractivity contribution is -0.134. The minimum atomic E-state index is -0.833. The largest absolute Gasteiger partial charge is 0.481 e. The maximum Gasteiger partial charge on any atom is 0.300 e. The number of aliphatic hydroxyl groups excluding tert-OH is 3. The van der Waals surface area contributed by atoms with E-state index in [0.29, 0.717) is 6.61 Å². The van der Waals surface area contributed by atoms with Crippen molar-refractivity contribution >= 4 is 5.97 Å². The van der Waals surface area contributed by atoms with Crippen LogP contribution >= 0.6 is 0 Å². The van der Waals surface area contributed by atoms with Gasteiger partial charge < -0.3 is 25.2 Å². The van der Waals surface area contributed by atoms with Crippen LogP contribution in [0.1, 0.15) is 13.8 Å². The third kappa shape index (κ3) is 110. The number of aliphatic hydroxyl groups is 3. The molecule has 6 heteroatoms. The molecule has 0 aliphatic carbocycles. The summed E-state index contributed by atoms with van der Waals surface area (Å²) in [6.45, 7) is 3.04. The highest BCUT2D eigenvalue weighted by atomic mass is 16.5. The molecule has 4 N–H and O–H groups in total. The van der Waals surface area contributed by atoms with Crippen LogP contribution in [0.3, 0.4) is 0 Å². The Morgan fingerprint density at radius 2 is 1.71 bits per heavy atom. The predicted molar refractivity (Wildman–Crippen MR) is 51.0 cm³/mol. The number of carboxylic acids is 1. The molecule has 0 amide bonds. The smallest absolute Gasteiger partial charge is 0.300 e. The number of rotatable bonds is 3. The van der Waals surface area contributed by atoms with Crippen LogP contribution in [0, 0.1) is 0 Å². The molecule has 0 aromatic rings. The van der Waals surface area contributed by atoms with Crippen molar-refractivity contribution in [2.45, 2.75) is 20.0 Å². The van der Waals surface area contributed by atoms with E-state index in [1.54, 1.807) is 7.11 Å². The van der Waals surface area contributed by atoms with Gasteiger partial charge in [0.25, 0.3) is 5.97 Å². The third-order valence-corrected chi connectivity index (χ3v) is 0.560. The van der Waals surface area contributed by atoms with E-state index in [0.717, 1.165) is 6.92 Å². The zero-order chi connectivity index (χ0) is 12.0. The molecule has 0 aliphatic rings. The average Bonchev–Trinajstić information content (AvgIpc) is 2.06. The Labute approximate surface area is 83.8 Å². The molecule has 6 nitrogen and oxygen atoms in total. The average molecular weight is 212 g/mol. The summed E-state index contributed by atoms with van der Waals surface area (Å²) in [5.74, 6) is -0.833.